The van der Waals surface area contributed by atoms with Crippen molar-refractivity contribution < 1.29 is 4.79 Å². The number of aromatic nitrogens is 2. The minimum absolute atomic E-state index is 0.0638. The van der Waals surface area contributed by atoms with Gasteiger partial charge in [-0.2, -0.15) is 0 Å². The summed E-state index contributed by atoms with van der Waals surface area (Å²) in [5.41, 5.74) is 2.03. The summed E-state index contributed by atoms with van der Waals surface area (Å²) in [6.45, 7) is 8.70. The Hall–Kier alpha value is -1.32. The average molecular weight is 223 g/mol. The summed E-state index contributed by atoms with van der Waals surface area (Å²) in [7, 11) is 0. The molecule has 0 fully saturated rings. The number of carbonyl (C=O) groups excluding carboxylic acids is 1. The van der Waals surface area contributed by atoms with Gasteiger partial charge in [-0.05, 0) is 27.2 Å². The van der Waals surface area contributed by atoms with E-state index in [9.17, 15) is 4.79 Å². The molecule has 0 bridgehead atoms. The lowest BCUT2D eigenvalue weighted by atomic mass is 10.2. The van der Waals surface area contributed by atoms with E-state index in [1.54, 1.807) is 6.33 Å². The van der Waals surface area contributed by atoms with E-state index in [1.165, 1.54) is 0 Å². The molecule has 90 valence electrons. The van der Waals surface area contributed by atoms with Gasteiger partial charge in [-0.3, -0.25) is 4.79 Å². The van der Waals surface area contributed by atoms with E-state index < -0.39 is 0 Å². The number of imidazole rings is 1. The van der Waals surface area contributed by atoms with Crippen LogP contribution in [0, 0.1) is 13.8 Å². The van der Waals surface area contributed by atoms with E-state index in [2.05, 4.69) is 17.2 Å². The van der Waals surface area contributed by atoms with Crippen LogP contribution in [0.2, 0.25) is 0 Å². The Morgan fingerprint density at radius 1 is 1.56 bits per heavy atom. The van der Waals surface area contributed by atoms with Crippen molar-refractivity contribution in [1.29, 1.82) is 0 Å². The number of rotatable bonds is 5. The summed E-state index contributed by atoms with van der Waals surface area (Å²) < 4.78 is 1.91. The molecule has 0 saturated carbocycles. The highest BCUT2D eigenvalue weighted by Gasteiger charge is 2.16. The van der Waals surface area contributed by atoms with E-state index in [4.69, 9.17) is 0 Å². The molecule has 0 aliphatic carbocycles. The molecule has 1 atom stereocenters. The second-order valence-corrected chi connectivity index (χ2v) is 4.14. The van der Waals surface area contributed by atoms with Crippen molar-refractivity contribution >= 4 is 5.91 Å². The quantitative estimate of drug-likeness (QED) is 0.776. The molecule has 1 aromatic rings. The molecule has 4 heteroatoms. The minimum atomic E-state index is -0.182. The first-order valence-corrected chi connectivity index (χ1v) is 5.85. The Labute approximate surface area is 97.1 Å². The van der Waals surface area contributed by atoms with Crippen LogP contribution in [0.25, 0.3) is 0 Å². The molecule has 0 saturated heterocycles. The number of unbranched alkanes of at least 4 members (excludes halogenated alkanes) is 1. The maximum absolute atomic E-state index is 11.8. The SMILES string of the molecule is CCCCNC(=O)C(C)n1cnc(C)c1C. The normalized spacial score (nSPS) is 12.5. The number of hydrogen-bond acceptors (Lipinski definition) is 2. The minimum Gasteiger partial charge on any atom is -0.354 e. The van der Waals surface area contributed by atoms with Crippen molar-refractivity contribution in [2.75, 3.05) is 6.54 Å². The number of carbonyl (C=O) groups is 1. The van der Waals surface area contributed by atoms with Crippen molar-refractivity contribution in [3.63, 3.8) is 0 Å². The lowest BCUT2D eigenvalue weighted by Crippen LogP contribution is -2.31. The molecule has 0 aromatic carbocycles. The third kappa shape index (κ3) is 2.84. The van der Waals surface area contributed by atoms with Gasteiger partial charge in [-0.25, -0.2) is 4.98 Å². The van der Waals surface area contributed by atoms with Gasteiger partial charge >= 0.3 is 0 Å². The highest BCUT2D eigenvalue weighted by Crippen LogP contribution is 2.12. The van der Waals surface area contributed by atoms with E-state index >= 15 is 0 Å². The van der Waals surface area contributed by atoms with E-state index in [1.807, 2.05) is 25.3 Å². The molecular formula is C12H21N3O. The van der Waals surface area contributed by atoms with Gasteiger partial charge in [0.15, 0.2) is 0 Å². The molecule has 1 aromatic heterocycles. The van der Waals surface area contributed by atoms with Crippen LogP contribution in [0.15, 0.2) is 6.33 Å². The predicted octanol–water partition coefficient (Wildman–Crippen LogP) is 1.98. The molecule has 1 heterocycles. The molecule has 1 unspecified atom stereocenters. The van der Waals surface area contributed by atoms with Crippen LogP contribution < -0.4 is 5.32 Å². The number of nitrogens with one attached hydrogen (secondary N) is 1. The molecular weight excluding hydrogens is 202 g/mol. The van der Waals surface area contributed by atoms with Crippen molar-refractivity contribution in [3.05, 3.63) is 17.7 Å². The summed E-state index contributed by atoms with van der Waals surface area (Å²) in [5.74, 6) is 0.0638. The molecule has 16 heavy (non-hydrogen) atoms. The van der Waals surface area contributed by atoms with E-state index in [0.29, 0.717) is 0 Å². The maximum Gasteiger partial charge on any atom is 0.242 e. The first-order chi connectivity index (χ1) is 7.57. The summed E-state index contributed by atoms with van der Waals surface area (Å²) in [4.78, 5) is 16.0. The first kappa shape index (κ1) is 12.7. The zero-order valence-electron chi connectivity index (χ0n) is 10.6. The fourth-order valence-corrected chi connectivity index (χ4v) is 1.57. The van der Waals surface area contributed by atoms with E-state index in [-0.39, 0.29) is 11.9 Å². The topological polar surface area (TPSA) is 46.9 Å². The molecule has 1 amide bonds. The Kier molecular flexibility index (Phi) is 4.52. The van der Waals surface area contributed by atoms with Crippen LogP contribution in [0.1, 0.15) is 44.1 Å². The van der Waals surface area contributed by atoms with Gasteiger partial charge < -0.3 is 9.88 Å². The van der Waals surface area contributed by atoms with Crippen LogP contribution >= 0.6 is 0 Å². The Morgan fingerprint density at radius 3 is 2.75 bits per heavy atom. The van der Waals surface area contributed by atoms with Gasteiger partial charge in [0.1, 0.15) is 6.04 Å². The number of hydrogen-bond donors (Lipinski definition) is 1. The smallest absolute Gasteiger partial charge is 0.242 e. The van der Waals surface area contributed by atoms with Crippen molar-refractivity contribution in [1.82, 2.24) is 14.9 Å². The van der Waals surface area contributed by atoms with Crippen LogP contribution in [0.3, 0.4) is 0 Å². The molecule has 4 nitrogen and oxygen atoms in total. The molecule has 1 rings (SSSR count). The highest BCUT2D eigenvalue weighted by atomic mass is 16.2. The summed E-state index contributed by atoms with van der Waals surface area (Å²) in [6, 6.07) is -0.182. The van der Waals surface area contributed by atoms with Crippen LogP contribution in [0.5, 0.6) is 0 Å². The largest absolute Gasteiger partial charge is 0.354 e. The first-order valence-electron chi connectivity index (χ1n) is 5.85. The number of amides is 1. The standard InChI is InChI=1S/C12H21N3O/c1-5-6-7-13-12(16)11(4)15-8-14-9(2)10(15)3/h8,11H,5-7H2,1-4H3,(H,13,16). The predicted molar refractivity (Wildman–Crippen MR) is 64.3 cm³/mol. The van der Waals surface area contributed by atoms with Gasteiger partial charge in [0.05, 0.1) is 12.0 Å². The van der Waals surface area contributed by atoms with Crippen LogP contribution in [-0.4, -0.2) is 22.0 Å². The fraction of sp³-hybridized carbons (Fsp3) is 0.667. The Morgan fingerprint density at radius 2 is 2.25 bits per heavy atom. The van der Waals surface area contributed by atoms with Crippen molar-refractivity contribution in [2.24, 2.45) is 0 Å². The summed E-state index contributed by atoms with van der Waals surface area (Å²) in [5, 5.41) is 2.93. The van der Waals surface area contributed by atoms with Gasteiger partial charge in [0, 0.05) is 12.2 Å². The second kappa shape index (κ2) is 5.68. The van der Waals surface area contributed by atoms with Gasteiger partial charge in [-0.15, -0.1) is 0 Å². The second-order valence-electron chi connectivity index (χ2n) is 4.14. The zero-order valence-corrected chi connectivity index (χ0v) is 10.6. The molecule has 0 spiro atoms. The number of nitrogens with zero attached hydrogens (tertiary/aromatic N) is 2. The maximum atomic E-state index is 11.8. The van der Waals surface area contributed by atoms with Gasteiger partial charge in [0.25, 0.3) is 0 Å². The summed E-state index contributed by atoms with van der Waals surface area (Å²) >= 11 is 0. The molecule has 0 aliphatic heterocycles. The monoisotopic (exact) mass is 223 g/mol. The lowest BCUT2D eigenvalue weighted by molar-refractivity contribution is -0.123. The molecule has 1 N–H and O–H groups in total. The summed E-state index contributed by atoms with van der Waals surface area (Å²) in [6.07, 6.45) is 3.85. The van der Waals surface area contributed by atoms with E-state index in [0.717, 1.165) is 30.8 Å². The highest BCUT2D eigenvalue weighted by molar-refractivity contribution is 5.79. The third-order valence-electron chi connectivity index (χ3n) is 2.91. The van der Waals surface area contributed by atoms with Gasteiger partial charge in [-0.1, -0.05) is 13.3 Å². The average Bonchev–Trinajstić information content (AvgIpc) is 2.59. The lowest BCUT2D eigenvalue weighted by Gasteiger charge is -2.15. The molecule has 0 aliphatic rings. The van der Waals surface area contributed by atoms with Crippen molar-refractivity contribution in [3.8, 4) is 0 Å². The molecule has 0 radical (unpaired) electrons. The number of aryl methyl sites for hydroxylation is 1. The fourth-order valence-electron chi connectivity index (χ4n) is 1.57. The Balaban J connectivity index is 2.60. The van der Waals surface area contributed by atoms with Crippen LogP contribution in [-0.2, 0) is 4.79 Å². The van der Waals surface area contributed by atoms with Gasteiger partial charge in [0.2, 0.25) is 5.91 Å². The van der Waals surface area contributed by atoms with Crippen molar-refractivity contribution in [2.45, 2.75) is 46.6 Å². The Bertz CT molecular complexity index is 357. The zero-order chi connectivity index (χ0) is 12.1. The third-order valence-corrected chi connectivity index (χ3v) is 2.91. The van der Waals surface area contributed by atoms with Crippen LogP contribution in [0.4, 0.5) is 0 Å².